The number of sulfonamides is 1. The number of alkyl halides is 5. The van der Waals surface area contributed by atoms with Crippen LogP contribution in [0.25, 0.3) is 11.1 Å². The average Bonchev–Trinajstić information content (AvgIpc) is 2.94. The van der Waals surface area contributed by atoms with E-state index in [1.54, 1.807) is 12.1 Å². The quantitative estimate of drug-likeness (QED) is 0.268. The van der Waals surface area contributed by atoms with Crippen LogP contribution >= 0.6 is 0 Å². The highest BCUT2D eigenvalue weighted by Gasteiger charge is 2.41. The third-order valence-electron chi connectivity index (χ3n) is 7.58. The van der Waals surface area contributed by atoms with Gasteiger partial charge in [-0.25, -0.2) is 21.2 Å². The number of piperidine rings is 1. The third-order valence-corrected chi connectivity index (χ3v) is 10.3. The monoisotopic (exact) mass is 678 g/mol. The van der Waals surface area contributed by atoms with Gasteiger partial charge in [-0.15, -0.1) is 0 Å². The number of hydrogen-bond donors (Lipinski definition) is 0. The minimum Gasteiger partial charge on any atom is -0.435 e. The Morgan fingerprint density at radius 3 is 2.40 bits per heavy atom. The predicted octanol–water partition coefficient (Wildman–Crippen LogP) is 5.72. The van der Waals surface area contributed by atoms with Crippen LogP contribution < -0.4 is 13.9 Å². The van der Waals surface area contributed by atoms with E-state index < -0.39 is 66.8 Å². The molecule has 0 spiro atoms. The molecule has 3 aromatic carbocycles. The fourth-order valence-corrected chi connectivity index (χ4v) is 7.50. The third kappa shape index (κ3) is 7.49. The normalized spacial score (nSPS) is 18.9. The van der Waals surface area contributed by atoms with E-state index >= 15 is 0 Å². The van der Waals surface area contributed by atoms with Gasteiger partial charge >= 0.3 is 12.8 Å². The molecule has 0 bridgehead atoms. The summed E-state index contributed by atoms with van der Waals surface area (Å²) in [7, 11) is -7.88. The Balaban J connectivity index is 1.56. The van der Waals surface area contributed by atoms with E-state index in [2.05, 4.69) is 4.74 Å². The van der Waals surface area contributed by atoms with Crippen molar-refractivity contribution < 1.29 is 52.7 Å². The second kappa shape index (κ2) is 12.4. The second-order valence-corrected chi connectivity index (χ2v) is 14.9. The number of halogens is 6. The first-order valence-electron chi connectivity index (χ1n) is 13.7. The zero-order valence-electron chi connectivity index (χ0n) is 23.7. The molecule has 0 radical (unpaired) electrons. The fourth-order valence-electron chi connectivity index (χ4n) is 5.55. The minimum atomic E-state index is -4.80. The smallest absolute Gasteiger partial charge is 0.416 e. The molecule has 1 fully saturated rings. The molecule has 2 heterocycles. The highest BCUT2D eigenvalue weighted by atomic mass is 32.2. The van der Waals surface area contributed by atoms with Crippen LogP contribution in [0, 0.1) is 5.82 Å². The van der Waals surface area contributed by atoms with E-state index in [-0.39, 0.29) is 35.7 Å². The van der Waals surface area contributed by atoms with Gasteiger partial charge in [-0.1, -0.05) is 12.1 Å². The Bertz CT molecular complexity index is 1790. The number of benzene rings is 3. The SMILES string of the molecule is CS(=O)(=O)CCOC1CCN2c3ccc(-c4cc(F)cc(OC(F)F)c4)cc3N(S(=O)(=O)c3cccc(C(F)(F)F)c3)C[C@@H]2C1. The number of fused-ring (bicyclic) bond motifs is 3. The van der Waals surface area contributed by atoms with Crippen molar-refractivity contribution >= 4 is 31.2 Å². The number of anilines is 2. The first-order chi connectivity index (χ1) is 21.0. The highest BCUT2D eigenvalue weighted by molar-refractivity contribution is 7.92. The van der Waals surface area contributed by atoms with Crippen molar-refractivity contribution in [2.24, 2.45) is 0 Å². The van der Waals surface area contributed by atoms with Crippen molar-refractivity contribution in [1.82, 2.24) is 0 Å². The summed E-state index contributed by atoms with van der Waals surface area (Å²) < 4.78 is 143. The lowest BCUT2D eigenvalue weighted by atomic mass is 9.94. The lowest BCUT2D eigenvalue weighted by Crippen LogP contribution is -2.55. The van der Waals surface area contributed by atoms with E-state index in [1.165, 1.54) is 6.07 Å². The molecule has 3 aromatic rings. The molecular formula is C29H28F6N2O6S2. The number of hydrogen-bond acceptors (Lipinski definition) is 7. The molecule has 45 heavy (non-hydrogen) atoms. The van der Waals surface area contributed by atoms with Crippen molar-refractivity contribution in [1.29, 1.82) is 0 Å². The molecule has 1 saturated heterocycles. The second-order valence-electron chi connectivity index (χ2n) is 10.8. The Hall–Kier alpha value is -3.50. The summed E-state index contributed by atoms with van der Waals surface area (Å²) in [6.45, 7) is -3.06. The molecule has 0 amide bonds. The van der Waals surface area contributed by atoms with Crippen LogP contribution in [0.15, 0.2) is 65.6 Å². The van der Waals surface area contributed by atoms with E-state index in [1.807, 2.05) is 4.90 Å². The Kier molecular flexibility index (Phi) is 9.03. The van der Waals surface area contributed by atoms with Gasteiger partial charge in [-0.05, 0) is 66.4 Å². The van der Waals surface area contributed by atoms with E-state index in [4.69, 9.17) is 4.74 Å². The van der Waals surface area contributed by atoms with Gasteiger partial charge in [-0.2, -0.15) is 22.0 Å². The summed E-state index contributed by atoms with van der Waals surface area (Å²) in [5.41, 5.74) is -0.280. The largest absolute Gasteiger partial charge is 0.435 e. The lowest BCUT2D eigenvalue weighted by molar-refractivity contribution is -0.137. The molecule has 2 atom stereocenters. The summed E-state index contributed by atoms with van der Waals surface area (Å²) in [4.78, 5) is 1.34. The van der Waals surface area contributed by atoms with Crippen LogP contribution in [0.3, 0.4) is 0 Å². The van der Waals surface area contributed by atoms with Gasteiger partial charge in [0, 0.05) is 18.9 Å². The molecule has 2 aliphatic heterocycles. The van der Waals surface area contributed by atoms with Crippen LogP contribution in [0.1, 0.15) is 18.4 Å². The molecule has 244 valence electrons. The van der Waals surface area contributed by atoms with Crippen molar-refractivity contribution in [3.8, 4) is 16.9 Å². The molecule has 0 N–H and O–H groups in total. The van der Waals surface area contributed by atoms with Crippen molar-refractivity contribution in [2.45, 2.75) is 42.7 Å². The van der Waals surface area contributed by atoms with Crippen molar-refractivity contribution in [3.05, 3.63) is 72.0 Å². The van der Waals surface area contributed by atoms with Gasteiger partial charge < -0.3 is 14.4 Å². The number of ether oxygens (including phenoxy) is 2. The van der Waals surface area contributed by atoms with Crippen LogP contribution in [-0.4, -0.2) is 67.3 Å². The summed E-state index contributed by atoms with van der Waals surface area (Å²) in [6.07, 6.45) is -3.33. The van der Waals surface area contributed by atoms with Gasteiger partial charge in [0.05, 0.1) is 52.9 Å². The van der Waals surface area contributed by atoms with Crippen LogP contribution in [0.2, 0.25) is 0 Å². The zero-order valence-corrected chi connectivity index (χ0v) is 25.3. The first-order valence-corrected chi connectivity index (χ1v) is 17.2. The molecule has 0 aliphatic carbocycles. The molecule has 16 heteroatoms. The molecule has 0 aromatic heterocycles. The molecule has 2 aliphatic rings. The Labute approximate surface area is 256 Å². The summed E-state index contributed by atoms with van der Waals surface area (Å²) in [6, 6.07) is 10.4. The summed E-state index contributed by atoms with van der Waals surface area (Å²) in [5, 5.41) is 0. The summed E-state index contributed by atoms with van der Waals surface area (Å²) in [5.74, 6) is -1.53. The van der Waals surface area contributed by atoms with E-state index in [9.17, 15) is 43.2 Å². The highest BCUT2D eigenvalue weighted by Crippen LogP contribution is 2.44. The number of sulfone groups is 1. The lowest BCUT2D eigenvalue weighted by Gasteiger charge is -2.48. The minimum absolute atomic E-state index is 0.0483. The van der Waals surface area contributed by atoms with Gasteiger partial charge in [-0.3, -0.25) is 4.31 Å². The molecule has 5 rings (SSSR count). The predicted molar refractivity (Wildman–Crippen MR) is 154 cm³/mol. The van der Waals surface area contributed by atoms with Crippen LogP contribution in [-0.2, 0) is 30.8 Å². The summed E-state index contributed by atoms with van der Waals surface area (Å²) >= 11 is 0. The zero-order chi connectivity index (χ0) is 32.7. The maximum Gasteiger partial charge on any atom is 0.416 e. The van der Waals surface area contributed by atoms with Crippen molar-refractivity contribution in [2.75, 3.05) is 40.9 Å². The van der Waals surface area contributed by atoms with Crippen LogP contribution in [0.5, 0.6) is 5.75 Å². The van der Waals surface area contributed by atoms with E-state index in [0.717, 1.165) is 47.0 Å². The topological polar surface area (TPSA) is 93.2 Å². The molecule has 0 saturated carbocycles. The fraction of sp³-hybridized carbons (Fsp3) is 0.379. The number of nitrogens with zero attached hydrogens (tertiary/aromatic N) is 2. The number of rotatable bonds is 9. The average molecular weight is 679 g/mol. The van der Waals surface area contributed by atoms with Gasteiger partial charge in [0.1, 0.15) is 21.4 Å². The maximum atomic E-state index is 14.4. The van der Waals surface area contributed by atoms with Gasteiger partial charge in [0.25, 0.3) is 10.0 Å². The van der Waals surface area contributed by atoms with Gasteiger partial charge in [0.2, 0.25) is 0 Å². The van der Waals surface area contributed by atoms with Gasteiger partial charge in [0.15, 0.2) is 0 Å². The maximum absolute atomic E-state index is 14.4. The molecule has 1 unspecified atom stereocenters. The van der Waals surface area contributed by atoms with E-state index in [0.29, 0.717) is 31.1 Å². The first kappa shape index (κ1) is 32.9. The molecule has 8 nitrogen and oxygen atoms in total. The Morgan fingerprint density at radius 2 is 1.71 bits per heavy atom. The van der Waals surface area contributed by atoms with Crippen LogP contribution in [0.4, 0.5) is 37.7 Å². The molecular weight excluding hydrogens is 650 g/mol. The standard InChI is InChI=1S/C29H28F6N2O6S2/c1-44(38,39)10-9-42-23-7-8-36-22(16-23)17-37(45(40,41)25-4-2-3-20(14-25)29(33,34)35)27-13-18(5-6-26(27)36)19-11-21(30)15-24(12-19)43-28(31)32/h2-6,11-15,22-23,28H,7-10,16-17H2,1H3/t22-,23?/m0/s1. The van der Waals surface area contributed by atoms with Crippen molar-refractivity contribution in [3.63, 3.8) is 0 Å². The Morgan fingerprint density at radius 1 is 0.956 bits per heavy atom.